The van der Waals surface area contributed by atoms with E-state index in [0.29, 0.717) is 5.92 Å². The van der Waals surface area contributed by atoms with Gasteiger partial charge in [0.05, 0.1) is 10.2 Å². The maximum absolute atomic E-state index is 4.32. The molecule has 3 nitrogen and oxygen atoms in total. The van der Waals surface area contributed by atoms with Crippen LogP contribution in [0.2, 0.25) is 0 Å². The van der Waals surface area contributed by atoms with Crippen LogP contribution in [0.15, 0.2) is 28.7 Å². The Morgan fingerprint density at radius 2 is 1.84 bits per heavy atom. The molecule has 19 heavy (non-hydrogen) atoms. The van der Waals surface area contributed by atoms with Gasteiger partial charge in [-0.3, -0.25) is 5.10 Å². The molecular weight excluding hydrogens is 302 g/mol. The molecule has 4 heteroatoms. The first kappa shape index (κ1) is 14.1. The molecular formula is C15H20BrN3. The van der Waals surface area contributed by atoms with Crippen molar-refractivity contribution >= 4 is 21.7 Å². The Kier molecular flexibility index (Phi) is 4.30. The third-order valence-electron chi connectivity index (χ3n) is 3.00. The van der Waals surface area contributed by atoms with Crippen LogP contribution < -0.4 is 4.90 Å². The summed E-state index contributed by atoms with van der Waals surface area (Å²) in [6.45, 7) is 4.48. The van der Waals surface area contributed by atoms with Gasteiger partial charge >= 0.3 is 0 Å². The standard InChI is InChI=1S/C15H20BrN3/c1-10(2)9-11-5-7-12(8-6-11)14-13(16)15(18-17-14)19(3)4/h5-8,10H,9H2,1-4H3,(H,17,18). The predicted octanol–water partition coefficient (Wildman–Crippen LogP) is 4.10. The highest BCUT2D eigenvalue weighted by molar-refractivity contribution is 9.10. The normalized spacial score (nSPS) is 11.1. The Bertz CT molecular complexity index is 541. The second kappa shape index (κ2) is 5.78. The first-order valence-electron chi connectivity index (χ1n) is 6.49. The summed E-state index contributed by atoms with van der Waals surface area (Å²) in [7, 11) is 3.97. The van der Waals surface area contributed by atoms with Crippen molar-refractivity contribution in [2.24, 2.45) is 5.92 Å². The molecule has 0 aliphatic heterocycles. The molecule has 2 aromatic rings. The summed E-state index contributed by atoms with van der Waals surface area (Å²) >= 11 is 3.61. The molecule has 102 valence electrons. The number of nitrogens with zero attached hydrogens (tertiary/aromatic N) is 2. The summed E-state index contributed by atoms with van der Waals surface area (Å²) in [5, 5.41) is 7.41. The fourth-order valence-corrected chi connectivity index (χ4v) is 2.85. The topological polar surface area (TPSA) is 31.9 Å². The maximum atomic E-state index is 4.32. The number of hydrogen-bond donors (Lipinski definition) is 1. The lowest BCUT2D eigenvalue weighted by molar-refractivity contribution is 0.647. The Labute approximate surface area is 123 Å². The van der Waals surface area contributed by atoms with Gasteiger partial charge in [0.2, 0.25) is 0 Å². The van der Waals surface area contributed by atoms with Crippen molar-refractivity contribution in [1.29, 1.82) is 0 Å². The van der Waals surface area contributed by atoms with E-state index in [9.17, 15) is 0 Å². The zero-order valence-corrected chi connectivity index (χ0v) is 13.5. The summed E-state index contributed by atoms with van der Waals surface area (Å²) in [5.41, 5.74) is 3.56. The Morgan fingerprint density at radius 3 is 2.32 bits per heavy atom. The zero-order chi connectivity index (χ0) is 14.0. The van der Waals surface area contributed by atoms with Gasteiger partial charge in [-0.1, -0.05) is 38.1 Å². The van der Waals surface area contributed by atoms with Crippen LogP contribution in [0.25, 0.3) is 11.3 Å². The molecule has 0 saturated heterocycles. The van der Waals surface area contributed by atoms with E-state index in [4.69, 9.17) is 0 Å². The average Bonchev–Trinajstić information content (AvgIpc) is 2.71. The maximum Gasteiger partial charge on any atom is 0.164 e. The van der Waals surface area contributed by atoms with Gasteiger partial charge in [-0.05, 0) is 33.8 Å². The Balaban J connectivity index is 2.27. The SMILES string of the molecule is CC(C)Cc1ccc(-c2[nH]nc(N(C)C)c2Br)cc1. The Morgan fingerprint density at radius 1 is 1.21 bits per heavy atom. The fraction of sp³-hybridized carbons (Fsp3) is 0.400. The highest BCUT2D eigenvalue weighted by Gasteiger charge is 2.13. The lowest BCUT2D eigenvalue weighted by atomic mass is 10.0. The van der Waals surface area contributed by atoms with Crippen LogP contribution >= 0.6 is 15.9 Å². The molecule has 0 fully saturated rings. The molecule has 1 aromatic carbocycles. The first-order valence-corrected chi connectivity index (χ1v) is 7.29. The van der Waals surface area contributed by atoms with Gasteiger partial charge in [0, 0.05) is 19.7 Å². The van der Waals surface area contributed by atoms with Crippen molar-refractivity contribution < 1.29 is 0 Å². The molecule has 0 aliphatic rings. The molecule has 0 saturated carbocycles. The van der Waals surface area contributed by atoms with Crippen molar-refractivity contribution in [2.45, 2.75) is 20.3 Å². The largest absolute Gasteiger partial charge is 0.360 e. The lowest BCUT2D eigenvalue weighted by Gasteiger charge is -2.08. The van der Waals surface area contributed by atoms with Crippen LogP contribution in [0.1, 0.15) is 19.4 Å². The average molecular weight is 322 g/mol. The number of hydrogen-bond acceptors (Lipinski definition) is 2. The summed E-state index contributed by atoms with van der Waals surface area (Å²) < 4.78 is 1.01. The van der Waals surface area contributed by atoms with E-state index in [1.165, 1.54) is 5.56 Å². The fourth-order valence-electron chi connectivity index (χ4n) is 2.09. The van der Waals surface area contributed by atoms with Crippen molar-refractivity contribution in [3.05, 3.63) is 34.3 Å². The molecule has 0 atom stereocenters. The van der Waals surface area contributed by atoms with Gasteiger partial charge in [-0.25, -0.2) is 0 Å². The molecule has 1 heterocycles. The number of aromatic nitrogens is 2. The molecule has 0 bridgehead atoms. The highest BCUT2D eigenvalue weighted by Crippen LogP contribution is 2.33. The van der Waals surface area contributed by atoms with E-state index in [-0.39, 0.29) is 0 Å². The monoisotopic (exact) mass is 321 g/mol. The summed E-state index contributed by atoms with van der Waals surface area (Å²) in [6, 6.07) is 8.68. The van der Waals surface area contributed by atoms with Crippen LogP contribution in [0.3, 0.4) is 0 Å². The number of H-pyrrole nitrogens is 1. The molecule has 0 amide bonds. The number of anilines is 1. The smallest absolute Gasteiger partial charge is 0.164 e. The van der Waals surface area contributed by atoms with E-state index in [2.05, 4.69) is 64.2 Å². The van der Waals surface area contributed by atoms with Crippen LogP contribution in [0, 0.1) is 5.92 Å². The molecule has 1 aromatic heterocycles. The van der Waals surface area contributed by atoms with Crippen molar-refractivity contribution in [2.75, 3.05) is 19.0 Å². The number of rotatable bonds is 4. The van der Waals surface area contributed by atoms with Crippen molar-refractivity contribution in [1.82, 2.24) is 10.2 Å². The van der Waals surface area contributed by atoms with Gasteiger partial charge < -0.3 is 4.90 Å². The highest BCUT2D eigenvalue weighted by atomic mass is 79.9. The molecule has 1 N–H and O–H groups in total. The van der Waals surface area contributed by atoms with Gasteiger partial charge in [0.15, 0.2) is 5.82 Å². The summed E-state index contributed by atoms with van der Waals surface area (Å²) in [4.78, 5) is 1.98. The van der Waals surface area contributed by atoms with Gasteiger partial charge in [-0.2, -0.15) is 5.10 Å². The molecule has 0 radical (unpaired) electrons. The minimum atomic E-state index is 0.685. The van der Waals surface area contributed by atoms with Crippen LogP contribution in [0.5, 0.6) is 0 Å². The van der Waals surface area contributed by atoms with Gasteiger partial charge in [0.25, 0.3) is 0 Å². The van der Waals surface area contributed by atoms with Crippen molar-refractivity contribution in [3.8, 4) is 11.3 Å². The zero-order valence-electron chi connectivity index (χ0n) is 11.9. The van der Waals surface area contributed by atoms with E-state index >= 15 is 0 Å². The van der Waals surface area contributed by atoms with Crippen LogP contribution in [-0.2, 0) is 6.42 Å². The molecule has 0 aliphatic carbocycles. The number of benzene rings is 1. The van der Waals surface area contributed by atoms with Crippen LogP contribution in [-0.4, -0.2) is 24.3 Å². The molecule has 0 spiro atoms. The first-order chi connectivity index (χ1) is 8.99. The number of halogens is 1. The number of nitrogens with one attached hydrogen (secondary N) is 1. The van der Waals surface area contributed by atoms with Gasteiger partial charge in [-0.15, -0.1) is 0 Å². The second-order valence-corrected chi connectivity index (χ2v) is 6.22. The third-order valence-corrected chi connectivity index (χ3v) is 3.75. The second-order valence-electron chi connectivity index (χ2n) is 5.43. The lowest BCUT2D eigenvalue weighted by Crippen LogP contribution is -2.09. The summed E-state index contributed by atoms with van der Waals surface area (Å²) in [6.07, 6.45) is 1.12. The van der Waals surface area contributed by atoms with E-state index in [1.807, 2.05) is 19.0 Å². The predicted molar refractivity (Wildman–Crippen MR) is 84.6 cm³/mol. The van der Waals surface area contributed by atoms with Crippen LogP contribution in [0.4, 0.5) is 5.82 Å². The van der Waals surface area contributed by atoms with E-state index < -0.39 is 0 Å². The minimum absolute atomic E-state index is 0.685. The van der Waals surface area contributed by atoms with E-state index in [1.54, 1.807) is 0 Å². The Hall–Kier alpha value is -1.29. The van der Waals surface area contributed by atoms with E-state index in [0.717, 1.165) is 28.0 Å². The van der Waals surface area contributed by atoms with Crippen molar-refractivity contribution in [3.63, 3.8) is 0 Å². The van der Waals surface area contributed by atoms with Gasteiger partial charge in [0.1, 0.15) is 0 Å². The third kappa shape index (κ3) is 3.18. The quantitative estimate of drug-likeness (QED) is 0.919. The summed E-state index contributed by atoms with van der Waals surface area (Å²) in [5.74, 6) is 1.60. The molecule has 0 unspecified atom stereocenters. The molecule has 2 rings (SSSR count). The number of aromatic amines is 1. The minimum Gasteiger partial charge on any atom is -0.360 e.